The first-order valence-corrected chi connectivity index (χ1v) is 9.09. The molecule has 1 aliphatic carbocycles. The monoisotopic (exact) mass is 350 g/mol. The van der Waals surface area contributed by atoms with Gasteiger partial charge in [-0.15, -0.1) is 0 Å². The van der Waals surface area contributed by atoms with Crippen molar-refractivity contribution in [3.05, 3.63) is 59.2 Å². The maximum atomic E-state index is 13.4. The zero-order chi connectivity index (χ0) is 18.1. The van der Waals surface area contributed by atoms with E-state index in [9.17, 15) is 9.59 Å². The third-order valence-corrected chi connectivity index (χ3v) is 5.50. The van der Waals surface area contributed by atoms with Crippen LogP contribution in [0.2, 0.25) is 0 Å². The Bertz CT molecular complexity index is 840. The molecule has 1 aliphatic heterocycles. The lowest BCUT2D eigenvalue weighted by molar-refractivity contribution is 0.0924. The van der Waals surface area contributed by atoms with Crippen LogP contribution in [0, 0.1) is 0 Å². The lowest BCUT2D eigenvalue weighted by Crippen LogP contribution is -2.30. The Morgan fingerprint density at radius 3 is 2.42 bits per heavy atom. The number of benzene rings is 1. The second-order valence-electron chi connectivity index (χ2n) is 7.16. The van der Waals surface area contributed by atoms with Crippen molar-refractivity contribution in [2.45, 2.75) is 37.0 Å². The van der Waals surface area contributed by atoms with Gasteiger partial charge >= 0.3 is 0 Å². The van der Waals surface area contributed by atoms with Crippen LogP contribution < -0.4 is 11.1 Å². The number of carbonyl (C=O) groups is 2. The molecule has 1 aromatic carbocycles. The number of nitrogens with two attached hydrogens (primary N) is 1. The number of primary amides is 1. The average Bonchev–Trinajstić information content (AvgIpc) is 3.50. The minimum absolute atomic E-state index is 0.116. The number of hydrogen-bond donors (Lipinski definition) is 2. The number of amides is 1. The minimum Gasteiger partial charge on any atom is -0.365 e. The second kappa shape index (κ2) is 6.61. The fourth-order valence-corrected chi connectivity index (χ4v) is 3.78. The zero-order valence-corrected chi connectivity index (χ0v) is 14.6. The highest BCUT2D eigenvalue weighted by atomic mass is 16.1. The van der Waals surface area contributed by atoms with E-state index in [0.717, 1.165) is 44.3 Å². The molecule has 1 saturated heterocycles. The molecule has 1 saturated carbocycles. The van der Waals surface area contributed by atoms with E-state index in [1.807, 2.05) is 30.3 Å². The largest absolute Gasteiger partial charge is 0.365 e. The average molecular weight is 350 g/mol. The van der Waals surface area contributed by atoms with E-state index in [1.54, 1.807) is 0 Å². The Kier molecular flexibility index (Phi) is 4.28. The van der Waals surface area contributed by atoms with E-state index in [-0.39, 0.29) is 23.0 Å². The summed E-state index contributed by atoms with van der Waals surface area (Å²) in [6.07, 6.45) is 4.81. The third-order valence-electron chi connectivity index (χ3n) is 5.50. The van der Waals surface area contributed by atoms with Crippen LogP contribution in [0.1, 0.15) is 63.8 Å². The number of piperidine rings is 1. The molecule has 0 unspecified atom stereocenters. The van der Waals surface area contributed by atoms with Crippen LogP contribution in [-0.4, -0.2) is 34.7 Å². The standard InChI is InChI=1S/C20H22N4O2/c21-18(26)15-12-23-19(13-6-10-22-11-7-13)24-16(15)17(25)20(8-9-20)14-4-2-1-3-5-14/h1-5,12-13,22H,6-11H2,(H2,21,26). The quantitative estimate of drug-likeness (QED) is 0.803. The van der Waals surface area contributed by atoms with Crippen LogP contribution in [0.4, 0.5) is 0 Å². The van der Waals surface area contributed by atoms with Gasteiger partial charge in [0.15, 0.2) is 5.78 Å². The van der Waals surface area contributed by atoms with E-state index in [2.05, 4.69) is 15.3 Å². The number of hydrogen-bond acceptors (Lipinski definition) is 5. The highest BCUT2D eigenvalue weighted by Gasteiger charge is 2.52. The molecule has 2 aliphatic rings. The smallest absolute Gasteiger partial charge is 0.252 e. The topological polar surface area (TPSA) is 98.0 Å². The fraction of sp³-hybridized carbons (Fsp3) is 0.400. The molecular formula is C20H22N4O2. The van der Waals surface area contributed by atoms with Crippen molar-refractivity contribution in [3.8, 4) is 0 Å². The highest BCUT2D eigenvalue weighted by molar-refractivity contribution is 6.11. The van der Waals surface area contributed by atoms with E-state index < -0.39 is 11.3 Å². The summed E-state index contributed by atoms with van der Waals surface area (Å²) in [4.78, 5) is 34.2. The molecule has 26 heavy (non-hydrogen) atoms. The van der Waals surface area contributed by atoms with Gasteiger partial charge in [-0.25, -0.2) is 9.97 Å². The summed E-state index contributed by atoms with van der Waals surface area (Å²) in [6.45, 7) is 1.81. The summed E-state index contributed by atoms with van der Waals surface area (Å²) >= 11 is 0. The molecule has 6 heteroatoms. The Morgan fingerprint density at radius 1 is 1.12 bits per heavy atom. The molecule has 134 valence electrons. The van der Waals surface area contributed by atoms with Crippen molar-refractivity contribution in [3.63, 3.8) is 0 Å². The van der Waals surface area contributed by atoms with Gasteiger partial charge in [0.2, 0.25) is 0 Å². The number of nitrogens with one attached hydrogen (secondary N) is 1. The number of rotatable bonds is 5. The molecule has 1 aromatic heterocycles. The normalized spacial score (nSPS) is 19.1. The summed E-state index contributed by atoms with van der Waals surface area (Å²) in [7, 11) is 0. The molecule has 4 rings (SSSR count). The molecular weight excluding hydrogens is 328 g/mol. The molecule has 0 bridgehead atoms. The molecule has 2 aromatic rings. The predicted octanol–water partition coefficient (Wildman–Crippen LogP) is 1.96. The molecule has 0 radical (unpaired) electrons. The van der Waals surface area contributed by atoms with Crippen LogP contribution >= 0.6 is 0 Å². The Hall–Kier alpha value is -2.60. The van der Waals surface area contributed by atoms with E-state index in [4.69, 9.17) is 5.73 Å². The van der Waals surface area contributed by atoms with E-state index >= 15 is 0 Å². The summed E-state index contributed by atoms with van der Waals surface area (Å²) in [5, 5.41) is 3.31. The first kappa shape index (κ1) is 16.8. The van der Waals surface area contributed by atoms with Gasteiger partial charge in [-0.2, -0.15) is 0 Å². The number of carbonyl (C=O) groups excluding carboxylic acids is 2. The van der Waals surface area contributed by atoms with Crippen molar-refractivity contribution >= 4 is 11.7 Å². The van der Waals surface area contributed by atoms with Gasteiger partial charge < -0.3 is 11.1 Å². The van der Waals surface area contributed by atoms with Crippen molar-refractivity contribution in [1.29, 1.82) is 0 Å². The van der Waals surface area contributed by atoms with Crippen LogP contribution in [0.15, 0.2) is 36.5 Å². The molecule has 2 heterocycles. The van der Waals surface area contributed by atoms with Gasteiger partial charge in [-0.1, -0.05) is 30.3 Å². The van der Waals surface area contributed by atoms with Gasteiger partial charge in [0.05, 0.1) is 11.0 Å². The third kappa shape index (κ3) is 2.90. The maximum Gasteiger partial charge on any atom is 0.252 e. The van der Waals surface area contributed by atoms with E-state index in [0.29, 0.717) is 5.82 Å². The van der Waals surface area contributed by atoms with Gasteiger partial charge in [-0.05, 0) is 44.3 Å². The summed E-state index contributed by atoms with van der Waals surface area (Å²) in [5.41, 5.74) is 6.20. The van der Waals surface area contributed by atoms with Crippen LogP contribution in [-0.2, 0) is 5.41 Å². The van der Waals surface area contributed by atoms with Gasteiger partial charge in [0.25, 0.3) is 5.91 Å². The number of aromatic nitrogens is 2. The zero-order valence-electron chi connectivity index (χ0n) is 14.6. The Balaban J connectivity index is 1.74. The predicted molar refractivity (Wildman–Crippen MR) is 97.1 cm³/mol. The maximum absolute atomic E-state index is 13.4. The van der Waals surface area contributed by atoms with Gasteiger partial charge in [0, 0.05) is 12.1 Å². The number of nitrogens with zero attached hydrogens (tertiary/aromatic N) is 2. The van der Waals surface area contributed by atoms with Crippen LogP contribution in [0.5, 0.6) is 0 Å². The van der Waals surface area contributed by atoms with E-state index in [1.165, 1.54) is 6.20 Å². The molecule has 6 nitrogen and oxygen atoms in total. The fourth-order valence-electron chi connectivity index (χ4n) is 3.78. The number of Topliss-reactive ketones (excluding diaryl/α,β-unsaturated/α-hetero) is 1. The summed E-state index contributed by atoms with van der Waals surface area (Å²) < 4.78 is 0. The highest BCUT2D eigenvalue weighted by Crippen LogP contribution is 2.50. The van der Waals surface area contributed by atoms with Gasteiger partial charge in [0.1, 0.15) is 11.5 Å². The summed E-state index contributed by atoms with van der Waals surface area (Å²) in [6, 6.07) is 9.71. The van der Waals surface area contributed by atoms with Crippen molar-refractivity contribution < 1.29 is 9.59 Å². The second-order valence-corrected chi connectivity index (χ2v) is 7.16. The molecule has 1 amide bonds. The molecule has 2 fully saturated rings. The SMILES string of the molecule is NC(=O)c1cnc(C2CCNCC2)nc1C(=O)C1(c2ccccc2)CC1. The number of ketones is 1. The Labute approximate surface area is 152 Å². The lowest BCUT2D eigenvalue weighted by Gasteiger charge is -2.22. The molecule has 0 atom stereocenters. The van der Waals surface area contributed by atoms with Crippen molar-refractivity contribution in [2.75, 3.05) is 13.1 Å². The Morgan fingerprint density at radius 2 is 1.81 bits per heavy atom. The van der Waals surface area contributed by atoms with Crippen molar-refractivity contribution in [1.82, 2.24) is 15.3 Å². The van der Waals surface area contributed by atoms with Gasteiger partial charge in [-0.3, -0.25) is 9.59 Å². The first-order chi connectivity index (χ1) is 12.6. The van der Waals surface area contributed by atoms with Crippen LogP contribution in [0.3, 0.4) is 0 Å². The summed E-state index contributed by atoms with van der Waals surface area (Å²) in [5.74, 6) is 0.0736. The molecule has 3 N–H and O–H groups in total. The van der Waals surface area contributed by atoms with Crippen LogP contribution in [0.25, 0.3) is 0 Å². The first-order valence-electron chi connectivity index (χ1n) is 9.09. The minimum atomic E-state index is -0.658. The molecule has 0 spiro atoms. The lowest BCUT2D eigenvalue weighted by atomic mass is 9.88. The van der Waals surface area contributed by atoms with Crippen molar-refractivity contribution in [2.24, 2.45) is 5.73 Å².